The van der Waals surface area contributed by atoms with Crippen LogP contribution in [-0.4, -0.2) is 23.5 Å². The Balaban J connectivity index is 1.91. The molecule has 1 aliphatic carbocycles. The summed E-state index contributed by atoms with van der Waals surface area (Å²) < 4.78 is 12.3. The fraction of sp³-hybridized carbons (Fsp3) is 0.741. The van der Waals surface area contributed by atoms with Crippen LogP contribution in [0.25, 0.3) is 0 Å². The van der Waals surface area contributed by atoms with E-state index in [1.807, 2.05) is 26.0 Å². The third kappa shape index (κ3) is 8.14. The molecule has 0 saturated heterocycles. The molecule has 1 fully saturated rings. The Bertz CT molecular complexity index is 665. The number of phenolic OH excluding ortho intramolecular Hbond substituents is 1. The quantitative estimate of drug-likeness (QED) is 0.310. The predicted octanol–water partition coefficient (Wildman–Crippen LogP) is 7.35. The van der Waals surface area contributed by atoms with E-state index < -0.39 is 11.7 Å². The second-order valence-electron chi connectivity index (χ2n) is 11.0. The molecule has 2 rings (SSSR count). The average molecular weight is 433 g/mol. The Morgan fingerprint density at radius 3 is 2.23 bits per heavy atom. The molecule has 1 aromatic carbocycles. The number of aromatic hydroxyl groups is 1. The van der Waals surface area contributed by atoms with E-state index in [2.05, 4.69) is 27.7 Å². The van der Waals surface area contributed by atoms with Gasteiger partial charge in [-0.3, -0.25) is 4.79 Å². The summed E-state index contributed by atoms with van der Waals surface area (Å²) in [5.74, 6) is 0.566. The van der Waals surface area contributed by atoms with Crippen molar-refractivity contribution in [2.75, 3.05) is 0 Å². The number of ether oxygens (including phenoxy) is 2. The predicted molar refractivity (Wildman–Crippen MR) is 126 cm³/mol. The molecule has 0 radical (unpaired) electrons. The van der Waals surface area contributed by atoms with Gasteiger partial charge in [-0.05, 0) is 69.6 Å². The van der Waals surface area contributed by atoms with E-state index in [9.17, 15) is 9.90 Å². The van der Waals surface area contributed by atoms with Crippen LogP contribution in [0.1, 0.15) is 111 Å². The maximum absolute atomic E-state index is 13.1. The lowest BCUT2D eigenvalue weighted by atomic mass is 9.83. The van der Waals surface area contributed by atoms with Crippen LogP contribution in [0.4, 0.5) is 0 Å². The summed E-state index contributed by atoms with van der Waals surface area (Å²) in [7, 11) is 0. The Morgan fingerprint density at radius 1 is 1.06 bits per heavy atom. The van der Waals surface area contributed by atoms with Crippen molar-refractivity contribution in [2.24, 2.45) is 10.8 Å². The molecule has 0 spiro atoms. The molecule has 1 aromatic rings. The van der Waals surface area contributed by atoms with Gasteiger partial charge in [-0.1, -0.05) is 65.5 Å². The van der Waals surface area contributed by atoms with Gasteiger partial charge < -0.3 is 14.6 Å². The summed E-state index contributed by atoms with van der Waals surface area (Å²) >= 11 is 0. The summed E-state index contributed by atoms with van der Waals surface area (Å²) in [5.41, 5.74) is 0.441. The van der Waals surface area contributed by atoms with Crippen LogP contribution < -0.4 is 0 Å². The van der Waals surface area contributed by atoms with Gasteiger partial charge in [-0.2, -0.15) is 0 Å². The molecular weight excluding hydrogens is 388 g/mol. The van der Waals surface area contributed by atoms with E-state index in [-0.39, 0.29) is 17.5 Å². The van der Waals surface area contributed by atoms with E-state index >= 15 is 0 Å². The molecule has 0 aromatic heterocycles. The Morgan fingerprint density at radius 2 is 1.68 bits per heavy atom. The zero-order valence-corrected chi connectivity index (χ0v) is 20.6. The fourth-order valence-electron chi connectivity index (χ4n) is 4.29. The van der Waals surface area contributed by atoms with Crippen LogP contribution in [0.2, 0.25) is 0 Å². The maximum Gasteiger partial charge on any atom is 0.313 e. The monoisotopic (exact) mass is 432 g/mol. The summed E-state index contributed by atoms with van der Waals surface area (Å²) in [5, 5.41) is 9.53. The van der Waals surface area contributed by atoms with Crippen molar-refractivity contribution < 1.29 is 19.4 Å². The van der Waals surface area contributed by atoms with E-state index in [1.165, 1.54) is 24.8 Å². The van der Waals surface area contributed by atoms with E-state index in [0.717, 1.165) is 38.5 Å². The second kappa shape index (κ2) is 11.4. The first kappa shape index (κ1) is 25.7. The van der Waals surface area contributed by atoms with Crippen molar-refractivity contribution in [1.29, 1.82) is 0 Å². The number of carbonyl (C=O) groups excluding carboxylic acids is 1. The van der Waals surface area contributed by atoms with Crippen LogP contribution in [0.3, 0.4) is 0 Å². The molecule has 0 heterocycles. The number of hydrogen-bond acceptors (Lipinski definition) is 4. The summed E-state index contributed by atoms with van der Waals surface area (Å²) in [4.78, 5) is 13.1. The highest BCUT2D eigenvalue weighted by molar-refractivity contribution is 5.76. The largest absolute Gasteiger partial charge is 0.508 e. The Hall–Kier alpha value is -1.55. The third-order valence-electron chi connectivity index (χ3n) is 6.55. The number of hydrogen-bond donors (Lipinski definition) is 1. The molecule has 2 unspecified atom stereocenters. The highest BCUT2D eigenvalue weighted by Crippen LogP contribution is 2.34. The molecule has 4 nitrogen and oxygen atoms in total. The molecule has 0 bridgehead atoms. The van der Waals surface area contributed by atoms with Gasteiger partial charge in [0.2, 0.25) is 6.29 Å². The van der Waals surface area contributed by atoms with Crippen LogP contribution in [0, 0.1) is 10.8 Å². The Labute approximate surface area is 189 Å². The topological polar surface area (TPSA) is 55.8 Å². The lowest BCUT2D eigenvalue weighted by Crippen LogP contribution is -2.41. The molecule has 0 aliphatic heterocycles. The van der Waals surface area contributed by atoms with Gasteiger partial charge in [-0.15, -0.1) is 0 Å². The highest BCUT2D eigenvalue weighted by atomic mass is 16.7. The number of rotatable bonds is 10. The number of benzene rings is 1. The summed E-state index contributed by atoms with van der Waals surface area (Å²) in [6.07, 6.45) is 9.25. The van der Waals surface area contributed by atoms with Gasteiger partial charge in [0, 0.05) is 5.41 Å². The number of phenols is 1. The van der Waals surface area contributed by atoms with Crippen molar-refractivity contribution in [2.45, 2.75) is 118 Å². The van der Waals surface area contributed by atoms with Crippen molar-refractivity contribution in [1.82, 2.24) is 0 Å². The van der Waals surface area contributed by atoms with Crippen molar-refractivity contribution >= 4 is 5.97 Å². The molecule has 31 heavy (non-hydrogen) atoms. The average Bonchev–Trinajstić information content (AvgIpc) is 2.71. The molecule has 1 N–H and O–H groups in total. The third-order valence-corrected chi connectivity index (χ3v) is 6.55. The Kier molecular flexibility index (Phi) is 9.42. The van der Waals surface area contributed by atoms with Crippen molar-refractivity contribution in [3.63, 3.8) is 0 Å². The van der Waals surface area contributed by atoms with Crippen LogP contribution in [0.5, 0.6) is 5.75 Å². The van der Waals surface area contributed by atoms with Gasteiger partial charge in [-0.25, -0.2) is 0 Å². The first-order valence-corrected chi connectivity index (χ1v) is 12.2. The maximum atomic E-state index is 13.1. The zero-order chi connectivity index (χ0) is 23.1. The first-order valence-electron chi connectivity index (χ1n) is 12.2. The van der Waals surface area contributed by atoms with E-state index in [4.69, 9.17) is 9.47 Å². The number of esters is 1. The highest BCUT2D eigenvalue weighted by Gasteiger charge is 2.37. The molecular formula is C27H44O4. The van der Waals surface area contributed by atoms with E-state index in [1.54, 1.807) is 12.1 Å². The van der Waals surface area contributed by atoms with Gasteiger partial charge in [0.1, 0.15) is 5.75 Å². The lowest BCUT2D eigenvalue weighted by molar-refractivity contribution is -0.228. The van der Waals surface area contributed by atoms with Gasteiger partial charge in [0.25, 0.3) is 0 Å². The van der Waals surface area contributed by atoms with Crippen LogP contribution in [0.15, 0.2) is 24.3 Å². The van der Waals surface area contributed by atoms with E-state index in [0.29, 0.717) is 11.7 Å². The standard InChI is InChI=1S/C27H44O4/c1-7-20(21-15-17-22(28)18-16-21)12-11-19-27(5,6)24(29)31-25(26(2,3)4)30-23-13-9-8-10-14-23/h15-18,20,23,25,28H,7-14,19H2,1-6H3. The minimum Gasteiger partial charge on any atom is -0.508 e. The fourth-order valence-corrected chi connectivity index (χ4v) is 4.29. The molecule has 2 atom stereocenters. The first-order chi connectivity index (χ1) is 14.5. The number of carbonyl (C=O) groups is 1. The summed E-state index contributed by atoms with van der Waals surface area (Å²) in [6, 6.07) is 7.50. The molecule has 0 amide bonds. The molecule has 176 valence electrons. The van der Waals surface area contributed by atoms with Crippen molar-refractivity contribution in [3.05, 3.63) is 29.8 Å². The molecule has 1 aliphatic rings. The SMILES string of the molecule is CCC(CCCC(C)(C)C(=O)OC(OC1CCCCC1)C(C)(C)C)c1ccc(O)cc1. The normalized spacial score (nSPS) is 17.9. The minimum atomic E-state index is -0.549. The van der Waals surface area contributed by atoms with Gasteiger partial charge >= 0.3 is 5.97 Å². The lowest BCUT2D eigenvalue weighted by Gasteiger charge is -2.36. The zero-order valence-electron chi connectivity index (χ0n) is 20.6. The van der Waals surface area contributed by atoms with Crippen LogP contribution in [-0.2, 0) is 14.3 Å². The second-order valence-corrected chi connectivity index (χ2v) is 11.0. The van der Waals surface area contributed by atoms with Crippen molar-refractivity contribution in [3.8, 4) is 5.75 Å². The van der Waals surface area contributed by atoms with Gasteiger partial charge in [0.15, 0.2) is 0 Å². The van der Waals surface area contributed by atoms with Gasteiger partial charge in [0.05, 0.1) is 11.5 Å². The van der Waals surface area contributed by atoms with Crippen LogP contribution >= 0.6 is 0 Å². The molecule has 1 saturated carbocycles. The summed E-state index contributed by atoms with van der Waals surface area (Å²) in [6.45, 7) is 12.4. The minimum absolute atomic E-state index is 0.166. The molecule has 4 heteroatoms. The smallest absolute Gasteiger partial charge is 0.313 e.